The van der Waals surface area contributed by atoms with Crippen LogP contribution in [0.25, 0.3) is 0 Å². The fourth-order valence-electron chi connectivity index (χ4n) is 1.45. The maximum absolute atomic E-state index is 12.9. The highest BCUT2D eigenvalue weighted by molar-refractivity contribution is 14.1. The Morgan fingerprint density at radius 3 is 2.21 bits per heavy atom. The highest BCUT2D eigenvalue weighted by atomic mass is 127. The van der Waals surface area contributed by atoms with Gasteiger partial charge in [-0.2, -0.15) is 13.2 Å². The number of hydrogen-bond donors (Lipinski definition) is 1. The predicted molar refractivity (Wildman–Crippen MR) is 76.4 cm³/mol. The predicted octanol–water partition coefficient (Wildman–Crippen LogP) is 5.17. The van der Waals surface area contributed by atoms with Crippen molar-refractivity contribution in [3.63, 3.8) is 0 Å². The van der Waals surface area contributed by atoms with E-state index >= 15 is 0 Å². The van der Waals surface area contributed by atoms with Crippen molar-refractivity contribution in [2.75, 3.05) is 0 Å². The molecule has 2 rings (SSSR count). The summed E-state index contributed by atoms with van der Waals surface area (Å²) in [6.07, 6.45) is -4.37. The van der Waals surface area contributed by atoms with Crippen molar-refractivity contribution in [3.8, 4) is 5.75 Å². The summed E-state index contributed by atoms with van der Waals surface area (Å²) in [5, 5.41) is 9.15. The molecule has 0 spiro atoms. The topological polar surface area (TPSA) is 20.2 Å². The Morgan fingerprint density at radius 1 is 1.00 bits per heavy atom. The van der Waals surface area contributed by atoms with Gasteiger partial charge in [0.2, 0.25) is 0 Å². The van der Waals surface area contributed by atoms with E-state index in [2.05, 4.69) is 0 Å². The van der Waals surface area contributed by atoms with Gasteiger partial charge < -0.3 is 5.11 Å². The van der Waals surface area contributed by atoms with Crippen molar-refractivity contribution >= 4 is 34.4 Å². The van der Waals surface area contributed by atoms with Crippen LogP contribution in [0.3, 0.4) is 0 Å². The summed E-state index contributed by atoms with van der Waals surface area (Å²) in [6, 6.07) is 10.3. The molecule has 0 aliphatic rings. The number of halogens is 4. The maximum atomic E-state index is 12.9. The van der Waals surface area contributed by atoms with Crippen LogP contribution in [0.4, 0.5) is 13.2 Å². The SMILES string of the molecule is Oc1ccc(Sc2ccc(I)cc2C(F)(F)F)cc1. The highest BCUT2D eigenvalue weighted by Gasteiger charge is 2.33. The largest absolute Gasteiger partial charge is 0.508 e. The van der Waals surface area contributed by atoms with Gasteiger partial charge in [-0.05, 0) is 65.1 Å². The second-order valence-electron chi connectivity index (χ2n) is 3.73. The molecule has 1 nitrogen and oxygen atoms in total. The molecule has 0 heterocycles. The summed E-state index contributed by atoms with van der Waals surface area (Å²) in [4.78, 5) is 0.795. The van der Waals surface area contributed by atoms with E-state index in [1.165, 1.54) is 18.2 Å². The average Bonchev–Trinajstić information content (AvgIpc) is 2.33. The summed E-state index contributed by atoms with van der Waals surface area (Å²) in [5.74, 6) is 0.0861. The van der Waals surface area contributed by atoms with Gasteiger partial charge in [-0.3, -0.25) is 0 Å². The van der Waals surface area contributed by atoms with E-state index < -0.39 is 11.7 Å². The number of phenols is 1. The summed E-state index contributed by atoms with van der Waals surface area (Å²) in [7, 11) is 0. The number of alkyl halides is 3. The van der Waals surface area contributed by atoms with Crippen molar-refractivity contribution in [2.24, 2.45) is 0 Å². The van der Waals surface area contributed by atoms with Crippen LogP contribution in [0.15, 0.2) is 52.3 Å². The lowest BCUT2D eigenvalue weighted by molar-refractivity contribution is -0.139. The third-order valence-corrected chi connectivity index (χ3v) is 4.07. The van der Waals surface area contributed by atoms with Gasteiger partial charge in [-0.15, -0.1) is 0 Å². The molecular weight excluding hydrogens is 388 g/mol. The Morgan fingerprint density at radius 2 is 1.63 bits per heavy atom. The van der Waals surface area contributed by atoms with E-state index in [9.17, 15) is 13.2 Å². The molecule has 0 amide bonds. The van der Waals surface area contributed by atoms with Crippen LogP contribution in [0, 0.1) is 3.57 Å². The molecule has 6 heteroatoms. The molecule has 0 saturated carbocycles. The van der Waals surface area contributed by atoms with Gasteiger partial charge in [-0.25, -0.2) is 0 Å². The van der Waals surface area contributed by atoms with Crippen LogP contribution in [-0.4, -0.2) is 5.11 Å². The third kappa shape index (κ3) is 3.79. The van der Waals surface area contributed by atoms with E-state index in [4.69, 9.17) is 5.11 Å². The second-order valence-corrected chi connectivity index (χ2v) is 6.10. The fourth-order valence-corrected chi connectivity index (χ4v) is 2.89. The van der Waals surface area contributed by atoms with Gasteiger partial charge >= 0.3 is 6.18 Å². The van der Waals surface area contributed by atoms with Crippen molar-refractivity contribution in [2.45, 2.75) is 16.0 Å². The second kappa shape index (κ2) is 5.62. The normalized spacial score (nSPS) is 11.6. The van der Waals surface area contributed by atoms with Crippen molar-refractivity contribution in [1.82, 2.24) is 0 Å². The smallest absolute Gasteiger partial charge is 0.417 e. The minimum atomic E-state index is -4.37. The molecule has 1 N–H and O–H groups in total. The minimum Gasteiger partial charge on any atom is -0.508 e. The standard InChI is InChI=1S/C13H8F3IOS/c14-13(15,16)11-7-8(17)1-6-12(11)19-10-4-2-9(18)3-5-10/h1-7,18H. The molecular formula is C13H8F3IOS. The van der Waals surface area contributed by atoms with Gasteiger partial charge in [-0.1, -0.05) is 11.8 Å². The number of aromatic hydroxyl groups is 1. The number of rotatable bonds is 2. The summed E-state index contributed by atoms with van der Waals surface area (Å²) in [5.41, 5.74) is -0.641. The first-order chi connectivity index (χ1) is 8.86. The van der Waals surface area contributed by atoms with Gasteiger partial charge in [0.15, 0.2) is 0 Å². The molecule has 0 bridgehead atoms. The van der Waals surface area contributed by atoms with E-state index in [1.54, 1.807) is 18.2 Å². The molecule has 0 fully saturated rings. The van der Waals surface area contributed by atoms with Crippen molar-refractivity contribution in [1.29, 1.82) is 0 Å². The van der Waals surface area contributed by atoms with Gasteiger partial charge in [0.05, 0.1) is 5.56 Å². The lowest BCUT2D eigenvalue weighted by Gasteiger charge is -2.12. The fraction of sp³-hybridized carbons (Fsp3) is 0.0769. The number of phenolic OH excluding ortho intramolecular Hbond substituents is 1. The zero-order chi connectivity index (χ0) is 14.0. The van der Waals surface area contributed by atoms with Crippen LogP contribution >= 0.6 is 34.4 Å². The van der Waals surface area contributed by atoms with Crippen LogP contribution in [0.2, 0.25) is 0 Å². The summed E-state index contributed by atoms with van der Waals surface area (Å²) >= 11 is 2.88. The number of hydrogen-bond acceptors (Lipinski definition) is 2. The molecule has 19 heavy (non-hydrogen) atoms. The quantitative estimate of drug-likeness (QED) is 0.708. The Hall–Kier alpha value is -0.890. The first-order valence-electron chi connectivity index (χ1n) is 5.20. The molecule has 0 unspecified atom stereocenters. The lowest BCUT2D eigenvalue weighted by Crippen LogP contribution is -2.07. The van der Waals surface area contributed by atoms with E-state index in [-0.39, 0.29) is 10.6 Å². The van der Waals surface area contributed by atoms with E-state index in [0.29, 0.717) is 8.47 Å². The Bertz CT molecular complexity index is 581. The molecule has 0 aliphatic heterocycles. The molecule has 0 saturated heterocycles. The highest BCUT2D eigenvalue weighted by Crippen LogP contribution is 2.40. The van der Waals surface area contributed by atoms with Crippen molar-refractivity contribution in [3.05, 3.63) is 51.6 Å². The van der Waals surface area contributed by atoms with Gasteiger partial charge in [0, 0.05) is 13.4 Å². The van der Waals surface area contributed by atoms with Crippen LogP contribution < -0.4 is 0 Å². The Kier molecular flexibility index (Phi) is 4.29. The van der Waals surface area contributed by atoms with Crippen LogP contribution in [0.1, 0.15) is 5.56 Å². The Labute approximate surface area is 126 Å². The zero-order valence-electron chi connectivity index (χ0n) is 9.41. The van der Waals surface area contributed by atoms with Crippen molar-refractivity contribution < 1.29 is 18.3 Å². The molecule has 2 aromatic rings. The number of benzene rings is 2. The molecule has 0 aliphatic carbocycles. The first kappa shape index (κ1) is 14.5. The van der Waals surface area contributed by atoms with Crippen LogP contribution in [-0.2, 0) is 6.18 Å². The van der Waals surface area contributed by atoms with Gasteiger partial charge in [0.25, 0.3) is 0 Å². The molecule has 0 atom stereocenters. The summed E-state index contributed by atoms with van der Waals surface area (Å²) < 4.78 is 39.4. The summed E-state index contributed by atoms with van der Waals surface area (Å²) in [6.45, 7) is 0. The molecule has 0 aromatic heterocycles. The molecule has 100 valence electrons. The monoisotopic (exact) mass is 396 g/mol. The van der Waals surface area contributed by atoms with Crippen LogP contribution in [0.5, 0.6) is 5.75 Å². The maximum Gasteiger partial charge on any atom is 0.417 e. The van der Waals surface area contributed by atoms with E-state index in [0.717, 1.165) is 17.8 Å². The first-order valence-corrected chi connectivity index (χ1v) is 7.09. The lowest BCUT2D eigenvalue weighted by atomic mass is 10.2. The average molecular weight is 396 g/mol. The molecule has 2 aromatic carbocycles. The van der Waals surface area contributed by atoms with E-state index in [1.807, 2.05) is 22.6 Å². The third-order valence-electron chi connectivity index (χ3n) is 2.31. The zero-order valence-corrected chi connectivity index (χ0v) is 12.4. The van der Waals surface area contributed by atoms with Gasteiger partial charge in [0.1, 0.15) is 5.75 Å². The Balaban J connectivity index is 2.37. The molecule has 0 radical (unpaired) electrons. The minimum absolute atomic E-state index is 0.0861.